The fourth-order valence-electron chi connectivity index (χ4n) is 1.79. The molecule has 4 nitrogen and oxygen atoms in total. The maximum atomic E-state index is 12.0. The van der Waals surface area contributed by atoms with Crippen LogP contribution in [0.4, 0.5) is 0 Å². The second kappa shape index (κ2) is 6.35. The Labute approximate surface area is 103 Å². The molecule has 0 aliphatic rings. The molecule has 17 heavy (non-hydrogen) atoms. The summed E-state index contributed by atoms with van der Waals surface area (Å²) in [5.41, 5.74) is 7.93. The number of rotatable bonds is 5. The number of carbonyl (C=O) groups is 1. The number of hydrogen-bond acceptors (Lipinski definition) is 3. The van der Waals surface area contributed by atoms with E-state index in [0.717, 1.165) is 24.2 Å². The van der Waals surface area contributed by atoms with Gasteiger partial charge in [-0.1, -0.05) is 13.3 Å². The SMILES string of the molecule is CCCC(CN)NC(=O)c1ccc(C)nc1C. The van der Waals surface area contributed by atoms with Crippen LogP contribution in [0.25, 0.3) is 0 Å². The smallest absolute Gasteiger partial charge is 0.253 e. The number of nitrogens with two attached hydrogens (primary N) is 1. The van der Waals surface area contributed by atoms with Crippen molar-refractivity contribution in [2.45, 2.75) is 39.7 Å². The summed E-state index contributed by atoms with van der Waals surface area (Å²) < 4.78 is 0. The van der Waals surface area contributed by atoms with Crippen molar-refractivity contribution in [2.24, 2.45) is 5.73 Å². The molecule has 0 aromatic carbocycles. The molecule has 1 unspecified atom stereocenters. The first-order valence-corrected chi connectivity index (χ1v) is 6.03. The standard InChI is InChI=1S/C13H21N3O/c1-4-5-11(8-14)16-13(17)12-7-6-9(2)15-10(12)3/h6-7,11H,4-5,8,14H2,1-3H3,(H,16,17). The van der Waals surface area contributed by atoms with Crippen LogP contribution >= 0.6 is 0 Å². The van der Waals surface area contributed by atoms with Gasteiger partial charge in [0.2, 0.25) is 0 Å². The van der Waals surface area contributed by atoms with Gasteiger partial charge >= 0.3 is 0 Å². The van der Waals surface area contributed by atoms with Crippen molar-refractivity contribution in [1.82, 2.24) is 10.3 Å². The van der Waals surface area contributed by atoms with Gasteiger partial charge in [-0.05, 0) is 32.4 Å². The Kier molecular flexibility index (Phi) is 5.10. The summed E-state index contributed by atoms with van der Waals surface area (Å²) in [6.07, 6.45) is 1.91. The first kappa shape index (κ1) is 13.6. The van der Waals surface area contributed by atoms with E-state index in [9.17, 15) is 4.79 Å². The molecule has 0 bridgehead atoms. The molecule has 1 amide bonds. The van der Waals surface area contributed by atoms with Crippen LogP contribution in [0.3, 0.4) is 0 Å². The quantitative estimate of drug-likeness (QED) is 0.813. The number of hydrogen-bond donors (Lipinski definition) is 2. The molecule has 1 heterocycles. The molecule has 0 radical (unpaired) electrons. The molecule has 0 spiro atoms. The Morgan fingerprint density at radius 1 is 1.47 bits per heavy atom. The van der Waals surface area contributed by atoms with Crippen molar-refractivity contribution in [3.8, 4) is 0 Å². The number of aryl methyl sites for hydroxylation is 2. The predicted molar refractivity (Wildman–Crippen MR) is 68.9 cm³/mol. The number of nitrogens with zero attached hydrogens (tertiary/aromatic N) is 1. The van der Waals surface area contributed by atoms with Crippen molar-refractivity contribution in [3.63, 3.8) is 0 Å². The van der Waals surface area contributed by atoms with Crippen LogP contribution in [-0.2, 0) is 0 Å². The topological polar surface area (TPSA) is 68.0 Å². The third kappa shape index (κ3) is 3.82. The van der Waals surface area contributed by atoms with Gasteiger partial charge < -0.3 is 11.1 Å². The lowest BCUT2D eigenvalue weighted by Crippen LogP contribution is -2.40. The second-order valence-electron chi connectivity index (χ2n) is 4.28. The molecule has 3 N–H and O–H groups in total. The van der Waals surface area contributed by atoms with E-state index >= 15 is 0 Å². The zero-order valence-corrected chi connectivity index (χ0v) is 10.8. The van der Waals surface area contributed by atoms with E-state index in [2.05, 4.69) is 17.2 Å². The summed E-state index contributed by atoms with van der Waals surface area (Å²) in [4.78, 5) is 16.3. The maximum absolute atomic E-state index is 12.0. The summed E-state index contributed by atoms with van der Waals surface area (Å²) in [6, 6.07) is 3.71. The monoisotopic (exact) mass is 235 g/mol. The van der Waals surface area contributed by atoms with Crippen LogP contribution in [-0.4, -0.2) is 23.5 Å². The molecular weight excluding hydrogens is 214 g/mol. The van der Waals surface area contributed by atoms with Crippen LogP contribution in [0.15, 0.2) is 12.1 Å². The number of nitrogens with one attached hydrogen (secondary N) is 1. The highest BCUT2D eigenvalue weighted by Gasteiger charge is 2.14. The highest BCUT2D eigenvalue weighted by molar-refractivity contribution is 5.95. The molecule has 1 aromatic heterocycles. The van der Waals surface area contributed by atoms with Crippen LogP contribution in [0, 0.1) is 13.8 Å². The highest BCUT2D eigenvalue weighted by Crippen LogP contribution is 2.07. The normalized spacial score (nSPS) is 12.2. The van der Waals surface area contributed by atoms with Crippen LogP contribution in [0.1, 0.15) is 41.5 Å². The average Bonchev–Trinajstić information content (AvgIpc) is 2.28. The van der Waals surface area contributed by atoms with Crippen molar-refractivity contribution in [3.05, 3.63) is 29.1 Å². The first-order valence-electron chi connectivity index (χ1n) is 6.03. The summed E-state index contributed by atoms with van der Waals surface area (Å²) in [5.74, 6) is -0.0844. The van der Waals surface area contributed by atoms with Gasteiger partial charge in [0.05, 0.1) is 11.3 Å². The van der Waals surface area contributed by atoms with Crippen LogP contribution in [0.5, 0.6) is 0 Å². The molecule has 4 heteroatoms. The van der Waals surface area contributed by atoms with Crippen molar-refractivity contribution in [2.75, 3.05) is 6.54 Å². The van der Waals surface area contributed by atoms with E-state index in [0.29, 0.717) is 12.1 Å². The fraction of sp³-hybridized carbons (Fsp3) is 0.538. The van der Waals surface area contributed by atoms with Gasteiger partial charge in [-0.3, -0.25) is 9.78 Å². The Hall–Kier alpha value is -1.42. The second-order valence-corrected chi connectivity index (χ2v) is 4.28. The third-order valence-corrected chi connectivity index (χ3v) is 2.73. The minimum Gasteiger partial charge on any atom is -0.348 e. The van der Waals surface area contributed by atoms with E-state index in [-0.39, 0.29) is 11.9 Å². The molecule has 0 fully saturated rings. The highest BCUT2D eigenvalue weighted by atomic mass is 16.1. The minimum atomic E-state index is -0.0844. The number of aromatic nitrogens is 1. The maximum Gasteiger partial charge on any atom is 0.253 e. The lowest BCUT2D eigenvalue weighted by atomic mass is 10.1. The predicted octanol–water partition coefficient (Wildman–Crippen LogP) is 1.56. The zero-order chi connectivity index (χ0) is 12.8. The van der Waals surface area contributed by atoms with Gasteiger partial charge in [0.1, 0.15) is 0 Å². The first-order chi connectivity index (χ1) is 8.08. The molecule has 0 aliphatic heterocycles. The molecule has 1 atom stereocenters. The largest absolute Gasteiger partial charge is 0.348 e. The molecular formula is C13H21N3O. The van der Waals surface area contributed by atoms with E-state index in [4.69, 9.17) is 5.73 Å². The Balaban J connectivity index is 2.75. The molecule has 0 saturated carbocycles. The molecule has 1 aromatic rings. The van der Waals surface area contributed by atoms with Crippen LogP contribution in [0.2, 0.25) is 0 Å². The Morgan fingerprint density at radius 3 is 2.71 bits per heavy atom. The summed E-state index contributed by atoms with van der Waals surface area (Å²) >= 11 is 0. The van der Waals surface area contributed by atoms with Gasteiger partial charge in [0, 0.05) is 18.3 Å². The van der Waals surface area contributed by atoms with E-state index in [1.807, 2.05) is 26.0 Å². The Bertz CT molecular complexity index is 390. The number of amides is 1. The van der Waals surface area contributed by atoms with Crippen molar-refractivity contribution < 1.29 is 4.79 Å². The van der Waals surface area contributed by atoms with Gasteiger partial charge in [-0.15, -0.1) is 0 Å². The van der Waals surface area contributed by atoms with Gasteiger partial charge in [-0.2, -0.15) is 0 Å². The molecule has 1 rings (SSSR count). The summed E-state index contributed by atoms with van der Waals surface area (Å²) in [7, 11) is 0. The van der Waals surface area contributed by atoms with Crippen molar-refractivity contribution in [1.29, 1.82) is 0 Å². The lowest BCUT2D eigenvalue weighted by molar-refractivity contribution is 0.0935. The van der Waals surface area contributed by atoms with Gasteiger partial charge in [-0.25, -0.2) is 0 Å². The van der Waals surface area contributed by atoms with E-state index in [1.54, 1.807) is 0 Å². The minimum absolute atomic E-state index is 0.0493. The van der Waals surface area contributed by atoms with Crippen LogP contribution < -0.4 is 11.1 Å². The van der Waals surface area contributed by atoms with Crippen molar-refractivity contribution >= 4 is 5.91 Å². The van der Waals surface area contributed by atoms with E-state index < -0.39 is 0 Å². The summed E-state index contributed by atoms with van der Waals surface area (Å²) in [5, 5.41) is 2.94. The number of pyridine rings is 1. The lowest BCUT2D eigenvalue weighted by Gasteiger charge is -2.16. The molecule has 0 saturated heterocycles. The molecule has 94 valence electrons. The molecule has 0 aliphatic carbocycles. The Morgan fingerprint density at radius 2 is 2.18 bits per heavy atom. The zero-order valence-electron chi connectivity index (χ0n) is 10.8. The number of carbonyl (C=O) groups excluding carboxylic acids is 1. The average molecular weight is 235 g/mol. The third-order valence-electron chi connectivity index (χ3n) is 2.73. The van der Waals surface area contributed by atoms with Gasteiger partial charge in [0.15, 0.2) is 0 Å². The summed E-state index contributed by atoms with van der Waals surface area (Å²) in [6.45, 7) is 6.30. The van der Waals surface area contributed by atoms with Gasteiger partial charge in [0.25, 0.3) is 5.91 Å². The van der Waals surface area contributed by atoms with E-state index in [1.165, 1.54) is 0 Å². The fourth-order valence-corrected chi connectivity index (χ4v) is 1.79.